The van der Waals surface area contributed by atoms with E-state index in [2.05, 4.69) is 46.4 Å². The van der Waals surface area contributed by atoms with E-state index < -0.39 is 5.60 Å². The van der Waals surface area contributed by atoms with Gasteiger partial charge in [-0.2, -0.15) is 5.10 Å². The summed E-state index contributed by atoms with van der Waals surface area (Å²) in [6.45, 7) is 14.2. The summed E-state index contributed by atoms with van der Waals surface area (Å²) in [5.74, 6) is 0.724. The molecule has 1 heterocycles. The second-order valence-electron chi connectivity index (χ2n) is 6.52. The zero-order valence-corrected chi connectivity index (χ0v) is 16.0. The molecule has 1 aromatic heterocycles. The summed E-state index contributed by atoms with van der Waals surface area (Å²) in [5, 5.41) is 21.3. The van der Waals surface area contributed by atoms with Gasteiger partial charge in [0, 0.05) is 44.5 Å². The Morgan fingerprint density at radius 2 is 2.12 bits per heavy atom. The minimum atomic E-state index is -1.04. The molecule has 1 unspecified atom stereocenters. The summed E-state index contributed by atoms with van der Waals surface area (Å²) in [6, 6.07) is 0.530. The normalized spacial score (nSPS) is 15.0. The van der Waals surface area contributed by atoms with Crippen molar-refractivity contribution in [3.63, 3.8) is 0 Å². The number of likely N-dealkylation sites (N-methyl/N-ethyl adjacent to an activating group) is 1. The Kier molecular flexibility index (Phi) is 8.21. The van der Waals surface area contributed by atoms with Crippen LogP contribution in [0.25, 0.3) is 0 Å². The third kappa shape index (κ3) is 6.49. The number of aliphatic hydroxyl groups is 1. The van der Waals surface area contributed by atoms with Crippen LogP contribution >= 0.6 is 0 Å². The number of hydrogen-bond donors (Lipinski definition) is 3. The van der Waals surface area contributed by atoms with E-state index in [1.54, 1.807) is 17.8 Å². The van der Waals surface area contributed by atoms with E-state index in [0.717, 1.165) is 37.7 Å². The number of guanidine groups is 1. The molecule has 7 nitrogen and oxygen atoms in total. The largest absolute Gasteiger partial charge is 0.383 e. The molecule has 1 atom stereocenters. The van der Waals surface area contributed by atoms with Crippen molar-refractivity contribution >= 4 is 5.96 Å². The van der Waals surface area contributed by atoms with Gasteiger partial charge in [-0.25, -0.2) is 4.99 Å². The molecule has 0 aliphatic carbocycles. The summed E-state index contributed by atoms with van der Waals surface area (Å²) in [5.41, 5.74) is -0.272. The number of nitrogens with one attached hydrogen (secondary N) is 2. The molecule has 7 heteroatoms. The molecule has 24 heavy (non-hydrogen) atoms. The van der Waals surface area contributed by atoms with E-state index in [4.69, 9.17) is 0 Å². The molecule has 0 saturated carbocycles. The second kappa shape index (κ2) is 9.64. The number of nitrogens with zero attached hydrogens (tertiary/aromatic N) is 4. The average Bonchev–Trinajstić information content (AvgIpc) is 2.96. The van der Waals surface area contributed by atoms with Gasteiger partial charge in [-0.05, 0) is 34.2 Å². The first-order chi connectivity index (χ1) is 11.3. The summed E-state index contributed by atoms with van der Waals surface area (Å²) in [7, 11) is 1.84. The van der Waals surface area contributed by atoms with E-state index in [1.807, 2.05) is 20.2 Å². The monoisotopic (exact) mass is 338 g/mol. The van der Waals surface area contributed by atoms with Gasteiger partial charge in [0.15, 0.2) is 5.96 Å². The van der Waals surface area contributed by atoms with Crippen molar-refractivity contribution in [3.8, 4) is 0 Å². The maximum atomic E-state index is 10.6. The number of hydrogen-bond acceptors (Lipinski definition) is 4. The Morgan fingerprint density at radius 3 is 2.62 bits per heavy atom. The van der Waals surface area contributed by atoms with Crippen LogP contribution in [-0.4, -0.2) is 64.5 Å². The zero-order valence-electron chi connectivity index (χ0n) is 16.0. The second-order valence-corrected chi connectivity index (χ2v) is 6.52. The summed E-state index contributed by atoms with van der Waals surface area (Å²) < 4.78 is 1.68. The number of aryl methyl sites for hydroxylation is 1. The summed E-state index contributed by atoms with van der Waals surface area (Å²) in [6.07, 6.45) is 3.50. The minimum Gasteiger partial charge on any atom is -0.383 e. The molecular weight excluding hydrogens is 304 g/mol. The van der Waals surface area contributed by atoms with Crippen molar-refractivity contribution in [1.82, 2.24) is 25.3 Å². The molecule has 0 aliphatic rings. The molecule has 1 rings (SSSR count). The number of aliphatic imine (C=N–C) groups is 1. The first kappa shape index (κ1) is 20.4. The highest BCUT2D eigenvalue weighted by Gasteiger charge is 2.24. The molecule has 0 fully saturated rings. The maximum absolute atomic E-state index is 10.6. The lowest BCUT2D eigenvalue weighted by atomic mass is 10.0. The van der Waals surface area contributed by atoms with Crippen LogP contribution in [0.3, 0.4) is 0 Å². The molecule has 0 saturated heterocycles. The molecule has 3 N–H and O–H groups in total. The molecule has 0 aromatic carbocycles. The lowest BCUT2D eigenvalue weighted by molar-refractivity contribution is 0.0671. The Morgan fingerprint density at radius 1 is 1.42 bits per heavy atom. The number of aromatic nitrogens is 2. The Hall–Kier alpha value is -1.60. The van der Waals surface area contributed by atoms with Crippen molar-refractivity contribution in [2.24, 2.45) is 12.0 Å². The van der Waals surface area contributed by atoms with E-state index in [9.17, 15) is 5.11 Å². The van der Waals surface area contributed by atoms with Crippen molar-refractivity contribution in [2.75, 3.05) is 32.7 Å². The zero-order chi connectivity index (χ0) is 18.2. The number of rotatable bonds is 9. The standard InChI is InChI=1S/C17H34N6O/c1-7-18-16(19-9-10-23(8-2)14(3)4)20-13-17(5,24)15-11-21-22(6)12-15/h11-12,14,24H,7-10,13H2,1-6H3,(H2,18,19,20). The summed E-state index contributed by atoms with van der Waals surface area (Å²) in [4.78, 5) is 6.92. The lowest BCUT2D eigenvalue weighted by Crippen LogP contribution is -2.43. The van der Waals surface area contributed by atoms with Crippen molar-refractivity contribution in [3.05, 3.63) is 18.0 Å². The van der Waals surface area contributed by atoms with Gasteiger partial charge in [0.25, 0.3) is 0 Å². The van der Waals surface area contributed by atoms with Gasteiger partial charge in [0.1, 0.15) is 5.60 Å². The first-order valence-electron chi connectivity index (χ1n) is 8.77. The highest BCUT2D eigenvalue weighted by atomic mass is 16.3. The predicted octanol–water partition coefficient (Wildman–Crippen LogP) is 0.913. The molecule has 0 aliphatic heterocycles. The Bertz CT molecular complexity index is 509. The fourth-order valence-electron chi connectivity index (χ4n) is 2.46. The van der Waals surface area contributed by atoms with Crippen LogP contribution in [0, 0.1) is 0 Å². The van der Waals surface area contributed by atoms with E-state index in [1.165, 1.54) is 0 Å². The highest BCUT2D eigenvalue weighted by molar-refractivity contribution is 5.79. The van der Waals surface area contributed by atoms with Gasteiger partial charge in [-0.1, -0.05) is 6.92 Å². The first-order valence-corrected chi connectivity index (χ1v) is 8.77. The molecule has 0 bridgehead atoms. The van der Waals surface area contributed by atoms with Crippen molar-refractivity contribution in [1.29, 1.82) is 0 Å². The highest BCUT2D eigenvalue weighted by Crippen LogP contribution is 2.19. The quantitative estimate of drug-likeness (QED) is 0.461. The van der Waals surface area contributed by atoms with Crippen molar-refractivity contribution < 1.29 is 5.11 Å². The molecular formula is C17H34N6O. The van der Waals surface area contributed by atoms with E-state index >= 15 is 0 Å². The predicted molar refractivity (Wildman–Crippen MR) is 99.1 cm³/mol. The fraction of sp³-hybridized carbons (Fsp3) is 0.765. The fourth-order valence-corrected chi connectivity index (χ4v) is 2.46. The Labute approximate surface area is 146 Å². The molecule has 0 amide bonds. The molecule has 0 spiro atoms. The summed E-state index contributed by atoms with van der Waals surface area (Å²) >= 11 is 0. The van der Waals surface area contributed by atoms with Gasteiger partial charge in [-0.15, -0.1) is 0 Å². The molecule has 138 valence electrons. The van der Waals surface area contributed by atoms with Gasteiger partial charge < -0.3 is 15.7 Å². The van der Waals surface area contributed by atoms with Crippen LogP contribution in [-0.2, 0) is 12.6 Å². The minimum absolute atomic E-state index is 0.274. The topological polar surface area (TPSA) is 77.7 Å². The van der Waals surface area contributed by atoms with Crippen molar-refractivity contribution in [2.45, 2.75) is 46.3 Å². The van der Waals surface area contributed by atoms with Gasteiger partial charge in [0.05, 0.1) is 12.7 Å². The van der Waals surface area contributed by atoms with Crippen LogP contribution in [0.5, 0.6) is 0 Å². The van der Waals surface area contributed by atoms with Crippen LogP contribution in [0.1, 0.15) is 40.2 Å². The maximum Gasteiger partial charge on any atom is 0.191 e. The lowest BCUT2D eigenvalue weighted by Gasteiger charge is -2.25. The average molecular weight is 339 g/mol. The van der Waals surface area contributed by atoms with Gasteiger partial charge in [0.2, 0.25) is 0 Å². The smallest absolute Gasteiger partial charge is 0.191 e. The van der Waals surface area contributed by atoms with Gasteiger partial charge in [-0.3, -0.25) is 9.58 Å². The van der Waals surface area contributed by atoms with Crippen LogP contribution < -0.4 is 10.6 Å². The Balaban J connectivity index is 2.61. The third-order valence-corrected chi connectivity index (χ3v) is 4.04. The van der Waals surface area contributed by atoms with E-state index in [-0.39, 0.29) is 6.54 Å². The third-order valence-electron chi connectivity index (χ3n) is 4.04. The molecule has 0 radical (unpaired) electrons. The van der Waals surface area contributed by atoms with Crippen LogP contribution in [0.15, 0.2) is 17.4 Å². The molecule has 1 aromatic rings. The SMILES string of the molecule is CCNC(=NCC(C)(O)c1cnn(C)c1)NCCN(CC)C(C)C. The van der Waals surface area contributed by atoms with Crippen LogP contribution in [0.4, 0.5) is 0 Å². The van der Waals surface area contributed by atoms with Gasteiger partial charge >= 0.3 is 0 Å². The van der Waals surface area contributed by atoms with Crippen LogP contribution in [0.2, 0.25) is 0 Å². The van der Waals surface area contributed by atoms with E-state index in [0.29, 0.717) is 6.04 Å².